The van der Waals surface area contributed by atoms with Gasteiger partial charge < -0.3 is 5.32 Å². The first-order chi connectivity index (χ1) is 13.0. The maximum absolute atomic E-state index is 12.8. The Labute approximate surface area is 165 Å². The molecule has 0 spiro atoms. The van der Waals surface area contributed by atoms with Crippen LogP contribution in [-0.4, -0.2) is 19.8 Å². The summed E-state index contributed by atoms with van der Waals surface area (Å²) < 4.78 is 26.9. The quantitative estimate of drug-likeness (QED) is 0.621. The summed E-state index contributed by atoms with van der Waals surface area (Å²) in [6, 6.07) is 23.9. The van der Waals surface area contributed by atoms with E-state index >= 15 is 0 Å². The third kappa shape index (κ3) is 4.89. The van der Waals surface area contributed by atoms with Gasteiger partial charge in [-0.15, -0.1) is 0 Å². The number of nitrogens with zero attached hydrogens (tertiary/aromatic N) is 1. The van der Waals surface area contributed by atoms with Crippen LogP contribution in [0.1, 0.15) is 11.1 Å². The Kier molecular flexibility index (Phi) is 6.16. The second kappa shape index (κ2) is 8.57. The van der Waals surface area contributed by atoms with Gasteiger partial charge in [-0.3, -0.25) is 0 Å². The molecule has 0 atom stereocenters. The van der Waals surface area contributed by atoms with Crippen LogP contribution in [0.25, 0.3) is 0 Å². The van der Waals surface area contributed by atoms with Crippen LogP contribution < -0.4 is 5.32 Å². The fourth-order valence-electron chi connectivity index (χ4n) is 2.69. The Hall–Kier alpha value is -2.34. The maximum atomic E-state index is 12.8. The van der Waals surface area contributed by atoms with Crippen LogP contribution in [0.5, 0.6) is 0 Å². The Bertz CT molecular complexity index is 990. The van der Waals surface area contributed by atoms with E-state index in [1.807, 2.05) is 54.6 Å². The van der Waals surface area contributed by atoms with Gasteiger partial charge in [-0.1, -0.05) is 60.1 Å². The predicted molar refractivity (Wildman–Crippen MR) is 110 cm³/mol. The van der Waals surface area contributed by atoms with Gasteiger partial charge in [0.15, 0.2) is 0 Å². The van der Waals surface area contributed by atoms with Gasteiger partial charge in [-0.25, -0.2) is 8.42 Å². The molecule has 3 aromatic rings. The first-order valence-electron chi connectivity index (χ1n) is 8.54. The van der Waals surface area contributed by atoms with Gasteiger partial charge in [0, 0.05) is 30.8 Å². The number of hydrogen-bond acceptors (Lipinski definition) is 3. The van der Waals surface area contributed by atoms with Crippen molar-refractivity contribution in [2.24, 2.45) is 0 Å². The molecular weight excluding hydrogens is 380 g/mol. The molecular formula is C21H21ClN2O2S. The molecule has 0 aromatic heterocycles. The van der Waals surface area contributed by atoms with Crippen molar-refractivity contribution in [3.8, 4) is 0 Å². The van der Waals surface area contributed by atoms with Crippen molar-refractivity contribution < 1.29 is 8.42 Å². The minimum absolute atomic E-state index is 0.268. The highest BCUT2D eigenvalue weighted by Gasteiger charge is 2.20. The number of nitrogens with one attached hydrogen (secondary N) is 1. The smallest absolute Gasteiger partial charge is 0.243 e. The van der Waals surface area contributed by atoms with E-state index in [0.29, 0.717) is 18.1 Å². The van der Waals surface area contributed by atoms with Gasteiger partial charge >= 0.3 is 0 Å². The Morgan fingerprint density at radius 1 is 0.889 bits per heavy atom. The van der Waals surface area contributed by atoms with Crippen molar-refractivity contribution in [1.82, 2.24) is 4.31 Å². The average molecular weight is 401 g/mol. The molecule has 0 heterocycles. The molecule has 0 bridgehead atoms. The number of sulfonamides is 1. The molecule has 0 amide bonds. The van der Waals surface area contributed by atoms with Crippen molar-refractivity contribution in [3.63, 3.8) is 0 Å². The van der Waals surface area contributed by atoms with E-state index < -0.39 is 10.0 Å². The summed E-state index contributed by atoms with van der Waals surface area (Å²) in [5.74, 6) is 0. The molecule has 3 rings (SSSR count). The lowest BCUT2D eigenvalue weighted by Gasteiger charge is -2.17. The molecule has 0 saturated carbocycles. The minimum atomic E-state index is -3.54. The summed E-state index contributed by atoms with van der Waals surface area (Å²) in [6.45, 7) is 0.898. The molecule has 0 aliphatic heterocycles. The Balaban J connectivity index is 1.67. The van der Waals surface area contributed by atoms with Crippen LogP contribution in [0.2, 0.25) is 5.02 Å². The standard InChI is InChI=1S/C21H21ClN2O2S/c1-24(16-17-7-3-2-4-8-17)27(25,26)20-13-11-19(12-14-20)23-15-18-9-5-6-10-21(18)22/h2-14,23H,15-16H2,1H3. The third-order valence-electron chi connectivity index (χ3n) is 4.25. The summed E-state index contributed by atoms with van der Waals surface area (Å²) in [5, 5.41) is 3.96. The van der Waals surface area contributed by atoms with Crippen molar-refractivity contribution >= 4 is 27.3 Å². The molecule has 3 aromatic carbocycles. The van der Waals surface area contributed by atoms with Crippen LogP contribution >= 0.6 is 11.6 Å². The molecule has 1 N–H and O–H groups in total. The van der Waals surface area contributed by atoms with Crippen molar-refractivity contribution in [2.45, 2.75) is 18.0 Å². The van der Waals surface area contributed by atoms with E-state index in [1.165, 1.54) is 4.31 Å². The molecule has 0 radical (unpaired) electrons. The van der Waals surface area contributed by atoms with Crippen molar-refractivity contribution in [3.05, 3.63) is 95.0 Å². The van der Waals surface area contributed by atoms with Gasteiger partial charge in [-0.2, -0.15) is 4.31 Å². The lowest BCUT2D eigenvalue weighted by Crippen LogP contribution is -2.26. The third-order valence-corrected chi connectivity index (χ3v) is 6.44. The second-order valence-electron chi connectivity index (χ2n) is 6.22. The maximum Gasteiger partial charge on any atom is 0.243 e. The minimum Gasteiger partial charge on any atom is -0.381 e. The molecule has 0 unspecified atom stereocenters. The van der Waals surface area contributed by atoms with E-state index in [0.717, 1.165) is 16.8 Å². The summed E-state index contributed by atoms with van der Waals surface area (Å²) in [5.41, 5.74) is 2.76. The zero-order valence-electron chi connectivity index (χ0n) is 15.0. The zero-order chi connectivity index (χ0) is 19.3. The van der Waals surface area contributed by atoms with Gasteiger partial charge in [0.1, 0.15) is 0 Å². The van der Waals surface area contributed by atoms with E-state index in [9.17, 15) is 8.42 Å². The average Bonchev–Trinajstić information content (AvgIpc) is 2.68. The number of hydrogen-bond donors (Lipinski definition) is 1. The zero-order valence-corrected chi connectivity index (χ0v) is 16.5. The monoisotopic (exact) mass is 400 g/mol. The second-order valence-corrected chi connectivity index (χ2v) is 8.67. The van der Waals surface area contributed by atoms with Gasteiger partial charge in [-0.05, 0) is 41.5 Å². The lowest BCUT2D eigenvalue weighted by atomic mass is 10.2. The number of benzene rings is 3. The Morgan fingerprint density at radius 3 is 2.19 bits per heavy atom. The first-order valence-corrected chi connectivity index (χ1v) is 10.4. The van der Waals surface area contributed by atoms with Gasteiger partial charge in [0.05, 0.1) is 4.90 Å². The highest BCUT2D eigenvalue weighted by Crippen LogP contribution is 2.21. The van der Waals surface area contributed by atoms with Crippen molar-refractivity contribution in [1.29, 1.82) is 0 Å². The van der Waals surface area contributed by atoms with Crippen LogP contribution in [0, 0.1) is 0 Å². The summed E-state index contributed by atoms with van der Waals surface area (Å²) in [4.78, 5) is 0.268. The van der Waals surface area contributed by atoms with Gasteiger partial charge in [0.25, 0.3) is 0 Å². The lowest BCUT2D eigenvalue weighted by molar-refractivity contribution is 0.467. The SMILES string of the molecule is CN(Cc1ccccc1)S(=O)(=O)c1ccc(NCc2ccccc2Cl)cc1. The van der Waals surface area contributed by atoms with E-state index in [2.05, 4.69) is 5.32 Å². The molecule has 0 saturated heterocycles. The highest BCUT2D eigenvalue weighted by atomic mass is 35.5. The van der Waals surface area contributed by atoms with Crippen molar-refractivity contribution in [2.75, 3.05) is 12.4 Å². The van der Waals surface area contributed by atoms with Crippen LogP contribution in [-0.2, 0) is 23.1 Å². The topological polar surface area (TPSA) is 49.4 Å². The Morgan fingerprint density at radius 2 is 1.52 bits per heavy atom. The number of rotatable bonds is 7. The first kappa shape index (κ1) is 19.4. The highest BCUT2D eigenvalue weighted by molar-refractivity contribution is 7.89. The van der Waals surface area contributed by atoms with E-state index in [1.54, 1.807) is 31.3 Å². The summed E-state index contributed by atoms with van der Waals surface area (Å²) >= 11 is 6.15. The van der Waals surface area contributed by atoms with Crippen LogP contribution in [0.4, 0.5) is 5.69 Å². The molecule has 27 heavy (non-hydrogen) atoms. The predicted octanol–water partition coefficient (Wildman–Crippen LogP) is 4.77. The number of halogens is 1. The van der Waals surface area contributed by atoms with Gasteiger partial charge in [0.2, 0.25) is 10.0 Å². The molecule has 0 aliphatic rings. The molecule has 0 fully saturated rings. The van der Waals surface area contributed by atoms with E-state index in [4.69, 9.17) is 11.6 Å². The van der Waals surface area contributed by atoms with Crippen LogP contribution in [0.3, 0.4) is 0 Å². The number of anilines is 1. The fourth-order valence-corrected chi connectivity index (χ4v) is 4.05. The normalized spacial score (nSPS) is 11.5. The molecule has 0 aliphatic carbocycles. The molecule has 140 valence electrons. The summed E-state index contributed by atoms with van der Waals surface area (Å²) in [6.07, 6.45) is 0. The molecule has 4 nitrogen and oxygen atoms in total. The fraction of sp³-hybridized carbons (Fsp3) is 0.143. The summed E-state index contributed by atoms with van der Waals surface area (Å²) in [7, 11) is -1.95. The van der Waals surface area contributed by atoms with E-state index in [-0.39, 0.29) is 4.90 Å². The van der Waals surface area contributed by atoms with Crippen LogP contribution in [0.15, 0.2) is 83.8 Å². The largest absolute Gasteiger partial charge is 0.381 e. The molecule has 6 heteroatoms.